The lowest BCUT2D eigenvalue weighted by atomic mass is 10.2. The van der Waals surface area contributed by atoms with E-state index in [9.17, 15) is 23.2 Å². The first-order chi connectivity index (χ1) is 12.8. The number of aromatic amines is 1. The van der Waals surface area contributed by atoms with Crippen LogP contribution in [0, 0.1) is 0 Å². The Morgan fingerprint density at radius 3 is 2.56 bits per heavy atom. The summed E-state index contributed by atoms with van der Waals surface area (Å²) in [7, 11) is 0. The molecule has 140 valence electrons. The zero-order chi connectivity index (χ0) is 19.6. The van der Waals surface area contributed by atoms with Crippen LogP contribution in [0.2, 0.25) is 5.02 Å². The van der Waals surface area contributed by atoms with Crippen molar-refractivity contribution in [1.29, 1.82) is 0 Å². The monoisotopic (exact) mass is 395 g/mol. The first kappa shape index (κ1) is 18.6. The molecule has 3 aromatic rings. The van der Waals surface area contributed by atoms with Crippen LogP contribution in [0.1, 0.15) is 0 Å². The molecule has 0 radical (unpaired) electrons. The second-order valence-corrected chi connectivity index (χ2v) is 5.86. The molecule has 1 aromatic heterocycles. The van der Waals surface area contributed by atoms with Crippen molar-refractivity contribution in [2.75, 3.05) is 5.32 Å². The zero-order valence-electron chi connectivity index (χ0n) is 13.5. The number of hydrogen-bond acceptors (Lipinski definition) is 4. The molecule has 0 bridgehead atoms. The number of hydrogen-bond donors (Lipinski definition) is 2. The van der Waals surface area contributed by atoms with Crippen molar-refractivity contribution in [2.45, 2.75) is 13.2 Å². The summed E-state index contributed by atoms with van der Waals surface area (Å²) < 4.78 is 29.5. The lowest BCUT2D eigenvalue weighted by molar-refractivity contribution is -0.117. The summed E-state index contributed by atoms with van der Waals surface area (Å²) in [5, 5.41) is 5.08. The lowest BCUT2D eigenvalue weighted by Gasteiger charge is -2.10. The molecule has 0 aliphatic heterocycles. The molecule has 0 aliphatic carbocycles. The number of alkyl halides is 2. The van der Waals surface area contributed by atoms with Gasteiger partial charge in [0.2, 0.25) is 5.91 Å². The number of nitrogens with zero attached hydrogens (tertiary/aromatic N) is 1. The average Bonchev–Trinajstić information content (AvgIpc) is 2.61. The molecule has 1 heterocycles. The second kappa shape index (κ2) is 7.58. The zero-order valence-corrected chi connectivity index (χ0v) is 14.3. The number of H-pyrrole nitrogens is 1. The Balaban J connectivity index is 1.80. The van der Waals surface area contributed by atoms with Crippen molar-refractivity contribution >= 4 is 34.0 Å². The summed E-state index contributed by atoms with van der Waals surface area (Å²) in [4.78, 5) is 36.6. The van der Waals surface area contributed by atoms with Crippen LogP contribution in [0.15, 0.2) is 52.1 Å². The van der Waals surface area contributed by atoms with Gasteiger partial charge < -0.3 is 10.1 Å². The van der Waals surface area contributed by atoms with Crippen LogP contribution in [0.4, 0.5) is 14.5 Å². The maximum absolute atomic E-state index is 12.4. The van der Waals surface area contributed by atoms with Crippen LogP contribution < -0.4 is 21.2 Å². The van der Waals surface area contributed by atoms with Crippen molar-refractivity contribution in [3.05, 3.63) is 68.2 Å². The number of carbonyl (C=O) groups is 1. The largest absolute Gasteiger partial charge is 0.433 e. The van der Waals surface area contributed by atoms with E-state index < -0.39 is 30.2 Å². The highest BCUT2D eigenvalue weighted by Gasteiger charge is 2.12. The van der Waals surface area contributed by atoms with Crippen molar-refractivity contribution in [3.8, 4) is 5.75 Å². The summed E-state index contributed by atoms with van der Waals surface area (Å²) in [6.07, 6.45) is 0. The SMILES string of the molecule is O=C(Cn1[nH]c(=O)c2ccccc2c1=O)Nc1ccc(OC(F)F)c(Cl)c1. The number of benzene rings is 2. The van der Waals surface area contributed by atoms with E-state index in [4.69, 9.17) is 11.6 Å². The number of ether oxygens (including phenoxy) is 1. The summed E-state index contributed by atoms with van der Waals surface area (Å²) in [5.74, 6) is -0.860. The number of nitrogens with one attached hydrogen (secondary N) is 2. The van der Waals surface area contributed by atoms with Gasteiger partial charge in [-0.2, -0.15) is 8.78 Å². The Morgan fingerprint density at radius 1 is 1.19 bits per heavy atom. The Hall–Kier alpha value is -3.20. The Bertz CT molecular complexity index is 1130. The smallest absolute Gasteiger partial charge is 0.387 e. The summed E-state index contributed by atoms with van der Waals surface area (Å²) >= 11 is 5.82. The maximum Gasteiger partial charge on any atom is 0.387 e. The highest BCUT2D eigenvalue weighted by atomic mass is 35.5. The van der Waals surface area contributed by atoms with Crippen LogP contribution >= 0.6 is 11.6 Å². The molecule has 0 spiro atoms. The van der Waals surface area contributed by atoms with Gasteiger partial charge in [0.15, 0.2) is 0 Å². The summed E-state index contributed by atoms with van der Waals surface area (Å²) in [6, 6.07) is 9.94. The molecule has 2 N–H and O–H groups in total. The van der Waals surface area contributed by atoms with Gasteiger partial charge in [0.1, 0.15) is 12.3 Å². The first-order valence-electron chi connectivity index (χ1n) is 7.61. The van der Waals surface area contributed by atoms with Gasteiger partial charge in [0, 0.05) is 5.69 Å². The predicted octanol–water partition coefficient (Wildman–Crippen LogP) is 2.58. The lowest BCUT2D eigenvalue weighted by Crippen LogP contribution is -2.34. The second-order valence-electron chi connectivity index (χ2n) is 5.45. The van der Waals surface area contributed by atoms with Gasteiger partial charge in [-0.3, -0.25) is 19.5 Å². The molecule has 0 unspecified atom stereocenters. The van der Waals surface area contributed by atoms with Gasteiger partial charge in [-0.05, 0) is 30.3 Å². The molecular weight excluding hydrogens is 384 g/mol. The molecule has 2 aromatic carbocycles. The fourth-order valence-corrected chi connectivity index (χ4v) is 2.70. The highest BCUT2D eigenvalue weighted by Crippen LogP contribution is 2.28. The third kappa shape index (κ3) is 4.14. The van der Waals surface area contributed by atoms with Crippen LogP contribution in [-0.4, -0.2) is 22.3 Å². The van der Waals surface area contributed by atoms with Gasteiger partial charge in [0.05, 0.1) is 15.8 Å². The van der Waals surface area contributed by atoms with Crippen molar-refractivity contribution < 1.29 is 18.3 Å². The quantitative estimate of drug-likeness (QED) is 0.694. The van der Waals surface area contributed by atoms with E-state index in [2.05, 4.69) is 15.2 Å². The van der Waals surface area contributed by atoms with Gasteiger partial charge in [-0.25, -0.2) is 4.68 Å². The van der Waals surface area contributed by atoms with E-state index in [-0.39, 0.29) is 27.2 Å². The van der Waals surface area contributed by atoms with Crippen LogP contribution in [0.5, 0.6) is 5.75 Å². The van der Waals surface area contributed by atoms with E-state index >= 15 is 0 Å². The highest BCUT2D eigenvalue weighted by molar-refractivity contribution is 6.32. The number of carbonyl (C=O) groups excluding carboxylic acids is 1. The van der Waals surface area contributed by atoms with E-state index in [0.29, 0.717) is 0 Å². The molecule has 3 rings (SSSR count). The number of fused-ring (bicyclic) bond motifs is 1. The minimum Gasteiger partial charge on any atom is -0.433 e. The molecule has 0 saturated heterocycles. The number of halogens is 3. The van der Waals surface area contributed by atoms with E-state index in [1.54, 1.807) is 12.1 Å². The van der Waals surface area contributed by atoms with E-state index in [0.717, 1.165) is 4.68 Å². The first-order valence-corrected chi connectivity index (χ1v) is 7.99. The van der Waals surface area contributed by atoms with Gasteiger partial charge in [0.25, 0.3) is 11.1 Å². The van der Waals surface area contributed by atoms with Crippen molar-refractivity contribution in [1.82, 2.24) is 9.78 Å². The third-order valence-electron chi connectivity index (χ3n) is 3.62. The molecule has 1 amide bonds. The van der Waals surface area contributed by atoms with Gasteiger partial charge in [-0.1, -0.05) is 23.7 Å². The normalized spacial score (nSPS) is 11.0. The number of amides is 1. The third-order valence-corrected chi connectivity index (χ3v) is 3.91. The number of anilines is 1. The van der Waals surface area contributed by atoms with Crippen LogP contribution in [-0.2, 0) is 11.3 Å². The molecule has 0 saturated carbocycles. The van der Waals surface area contributed by atoms with Crippen molar-refractivity contribution in [2.24, 2.45) is 0 Å². The maximum atomic E-state index is 12.4. The standard InChI is InChI=1S/C17H12ClF2N3O4/c18-12-7-9(5-6-13(12)27-17(19)20)21-14(24)8-23-16(26)11-4-2-1-3-10(11)15(25)22-23/h1-7,17H,8H2,(H,21,24)(H,22,25). The van der Waals surface area contributed by atoms with Gasteiger partial charge >= 0.3 is 6.61 Å². The molecule has 27 heavy (non-hydrogen) atoms. The average molecular weight is 396 g/mol. The predicted molar refractivity (Wildman–Crippen MR) is 95.5 cm³/mol. The van der Waals surface area contributed by atoms with Crippen LogP contribution in [0.25, 0.3) is 10.8 Å². The van der Waals surface area contributed by atoms with E-state index in [1.807, 2.05) is 0 Å². The molecule has 0 aliphatic rings. The molecular formula is C17H12ClF2N3O4. The molecule has 7 nitrogen and oxygen atoms in total. The molecule has 10 heteroatoms. The number of rotatable bonds is 5. The van der Waals surface area contributed by atoms with Crippen molar-refractivity contribution in [3.63, 3.8) is 0 Å². The van der Waals surface area contributed by atoms with Crippen LogP contribution in [0.3, 0.4) is 0 Å². The number of aromatic nitrogens is 2. The Labute approximate surface area is 155 Å². The summed E-state index contributed by atoms with van der Waals surface area (Å²) in [6.45, 7) is -3.48. The Kier molecular flexibility index (Phi) is 5.22. The van der Waals surface area contributed by atoms with E-state index in [1.165, 1.54) is 30.3 Å². The molecule has 0 fully saturated rings. The Morgan fingerprint density at radius 2 is 1.89 bits per heavy atom. The minimum atomic E-state index is -3.03. The minimum absolute atomic E-state index is 0.121. The topological polar surface area (TPSA) is 93.2 Å². The molecule has 0 atom stereocenters. The van der Waals surface area contributed by atoms with Gasteiger partial charge in [-0.15, -0.1) is 0 Å². The fourth-order valence-electron chi connectivity index (χ4n) is 2.47. The fraction of sp³-hybridized carbons (Fsp3) is 0.118. The summed E-state index contributed by atoms with van der Waals surface area (Å²) in [5.41, 5.74) is -0.823.